The number of likely N-dealkylation sites (N-methyl/N-ethyl adjacent to an activating group) is 3. The van der Waals surface area contributed by atoms with Crippen LogP contribution >= 0.6 is 0 Å². The fourth-order valence-corrected chi connectivity index (χ4v) is 7.63. The summed E-state index contributed by atoms with van der Waals surface area (Å²) in [5.74, 6) is 0. The Balaban J connectivity index is 1.74. The summed E-state index contributed by atoms with van der Waals surface area (Å²) in [6, 6.07) is 31.2. The van der Waals surface area contributed by atoms with Gasteiger partial charge in [0.15, 0.2) is 0 Å². The maximum Gasteiger partial charge on any atom is 0.336 e. The van der Waals surface area contributed by atoms with E-state index in [-0.39, 0.29) is 19.6 Å². The van der Waals surface area contributed by atoms with Gasteiger partial charge in [-0.1, -0.05) is 91.0 Å². The van der Waals surface area contributed by atoms with Crippen molar-refractivity contribution in [1.29, 1.82) is 0 Å². The van der Waals surface area contributed by atoms with Crippen LogP contribution < -0.4 is 17.1 Å². The van der Waals surface area contributed by atoms with Crippen LogP contribution in [0.25, 0.3) is 0 Å². The minimum atomic E-state index is -0.493. The van der Waals surface area contributed by atoms with Gasteiger partial charge < -0.3 is 13.4 Å². The maximum absolute atomic E-state index is 14.3. The summed E-state index contributed by atoms with van der Waals surface area (Å²) in [6.45, 7) is 23.3. The molecule has 276 valence electrons. The maximum atomic E-state index is 14.3. The summed E-state index contributed by atoms with van der Waals surface area (Å²) in [4.78, 5) is 42.9. The van der Waals surface area contributed by atoms with E-state index in [4.69, 9.17) is 0 Å². The predicted molar refractivity (Wildman–Crippen MR) is 208 cm³/mol. The molecule has 0 spiro atoms. The zero-order chi connectivity index (χ0) is 36.9. The number of hydrogen-bond donors (Lipinski definition) is 0. The summed E-state index contributed by atoms with van der Waals surface area (Å²) in [5, 5.41) is 0. The average Bonchev–Trinajstić information content (AvgIpc) is 3.17. The Kier molecular flexibility index (Phi) is 14.4. The Morgan fingerprint density at radius 1 is 0.373 bits per heavy atom. The zero-order valence-electron chi connectivity index (χ0n) is 32.2. The molecule has 4 aromatic rings. The van der Waals surface area contributed by atoms with Gasteiger partial charge >= 0.3 is 17.1 Å². The Hall–Kier alpha value is -4.05. The van der Waals surface area contributed by atoms with Crippen LogP contribution in [-0.4, -0.2) is 86.1 Å². The normalized spacial score (nSPS) is 12.4. The van der Waals surface area contributed by atoms with E-state index in [1.54, 1.807) is 0 Å². The highest BCUT2D eigenvalue weighted by Crippen LogP contribution is 2.17. The van der Waals surface area contributed by atoms with Crippen molar-refractivity contribution in [2.75, 3.05) is 58.9 Å². The van der Waals surface area contributed by atoms with Crippen LogP contribution in [0.5, 0.6) is 0 Å². The van der Waals surface area contributed by atoms with Gasteiger partial charge in [0.1, 0.15) is 19.6 Å². The van der Waals surface area contributed by atoms with Crippen molar-refractivity contribution in [2.24, 2.45) is 0 Å². The molecule has 1 aromatic heterocycles. The van der Waals surface area contributed by atoms with Crippen molar-refractivity contribution in [3.8, 4) is 0 Å². The molecule has 0 fully saturated rings. The van der Waals surface area contributed by atoms with Crippen LogP contribution in [-0.2, 0) is 39.3 Å². The fraction of sp³-hybridized carbons (Fsp3) is 0.500. The molecule has 0 radical (unpaired) electrons. The molecular weight excluding hydrogens is 637 g/mol. The molecule has 51 heavy (non-hydrogen) atoms. The molecule has 9 nitrogen and oxygen atoms in total. The van der Waals surface area contributed by atoms with Gasteiger partial charge in [0.25, 0.3) is 0 Å². The van der Waals surface area contributed by atoms with Crippen LogP contribution in [0.2, 0.25) is 0 Å². The number of quaternary nitrogens is 3. The van der Waals surface area contributed by atoms with E-state index in [1.807, 2.05) is 18.2 Å². The first kappa shape index (κ1) is 39.7. The largest absolute Gasteiger partial charge is 0.336 e. The van der Waals surface area contributed by atoms with Crippen molar-refractivity contribution in [3.05, 3.63) is 139 Å². The van der Waals surface area contributed by atoms with Gasteiger partial charge in [0, 0.05) is 16.7 Å². The Labute approximate surface area is 305 Å². The van der Waals surface area contributed by atoms with E-state index in [9.17, 15) is 14.4 Å². The first-order valence-corrected chi connectivity index (χ1v) is 19.2. The van der Waals surface area contributed by atoms with E-state index in [0.29, 0.717) is 19.6 Å². The standard InChI is InChI=1S/C42H63N6O3/c1-7-46(8-2,34-37-22-16-13-17-23-37)31-28-43-40(49)44(29-32-47(9-3,10-4)35-38-24-18-14-19-25-38)42(51)45(41(43)50)30-33-48(11-5,12-6)36-39-26-20-15-21-27-39/h13-27H,7-12,28-36H2,1-6H3/q+3. The van der Waals surface area contributed by atoms with Crippen LogP contribution in [0.3, 0.4) is 0 Å². The third-order valence-electron chi connectivity index (χ3n) is 11.9. The Morgan fingerprint density at radius 3 is 0.784 bits per heavy atom. The molecule has 0 N–H and O–H groups in total. The summed E-state index contributed by atoms with van der Waals surface area (Å²) in [7, 11) is 0. The number of rotatable bonds is 21. The molecule has 0 aliphatic heterocycles. The van der Waals surface area contributed by atoms with Gasteiger partial charge in [0.2, 0.25) is 0 Å². The first-order valence-electron chi connectivity index (χ1n) is 19.2. The van der Waals surface area contributed by atoms with Gasteiger partial charge in [-0.3, -0.25) is 0 Å². The molecular formula is C42H63N6O3+3. The Bertz CT molecular complexity index is 1560. The van der Waals surface area contributed by atoms with Crippen LogP contribution in [0, 0.1) is 0 Å². The van der Waals surface area contributed by atoms with Crippen molar-refractivity contribution in [1.82, 2.24) is 13.7 Å². The van der Waals surface area contributed by atoms with Crippen molar-refractivity contribution in [3.63, 3.8) is 0 Å². The SMILES string of the molecule is CC[N+](CC)(CCn1c(=O)n(CC[N+](CC)(CC)Cc2ccccc2)c(=O)n(CC[N+](CC)(CC)Cc2ccccc2)c1=O)Cc1ccccc1. The van der Waals surface area contributed by atoms with Crippen molar-refractivity contribution in [2.45, 2.75) is 80.8 Å². The second kappa shape index (κ2) is 18.4. The topological polar surface area (TPSA) is 66.0 Å². The van der Waals surface area contributed by atoms with Gasteiger partial charge in [-0.05, 0) is 41.5 Å². The lowest BCUT2D eigenvalue weighted by Gasteiger charge is -2.38. The molecule has 3 aromatic carbocycles. The third kappa shape index (κ3) is 9.84. The molecule has 0 unspecified atom stereocenters. The molecule has 0 amide bonds. The molecule has 0 bridgehead atoms. The lowest BCUT2D eigenvalue weighted by Crippen LogP contribution is -2.59. The molecule has 0 aliphatic carbocycles. The van der Waals surface area contributed by atoms with Crippen LogP contribution in [0.1, 0.15) is 58.2 Å². The van der Waals surface area contributed by atoms with Crippen LogP contribution in [0.4, 0.5) is 0 Å². The van der Waals surface area contributed by atoms with Crippen molar-refractivity contribution < 1.29 is 13.4 Å². The highest BCUT2D eigenvalue weighted by Gasteiger charge is 2.30. The average molecular weight is 700 g/mol. The number of hydrogen-bond acceptors (Lipinski definition) is 3. The zero-order valence-corrected chi connectivity index (χ0v) is 32.2. The highest BCUT2D eigenvalue weighted by molar-refractivity contribution is 5.15. The van der Waals surface area contributed by atoms with E-state index in [2.05, 4.69) is 114 Å². The smallest absolute Gasteiger partial charge is 0.319 e. The van der Waals surface area contributed by atoms with E-state index >= 15 is 0 Å². The number of aromatic nitrogens is 3. The van der Waals surface area contributed by atoms with Gasteiger partial charge in [-0.25, -0.2) is 28.1 Å². The lowest BCUT2D eigenvalue weighted by molar-refractivity contribution is -0.938. The molecule has 0 saturated heterocycles. The number of nitrogens with zero attached hydrogens (tertiary/aromatic N) is 6. The molecule has 0 saturated carbocycles. The van der Waals surface area contributed by atoms with Gasteiger partial charge in [-0.15, -0.1) is 0 Å². The summed E-state index contributed by atoms with van der Waals surface area (Å²) < 4.78 is 6.29. The summed E-state index contributed by atoms with van der Waals surface area (Å²) >= 11 is 0. The van der Waals surface area contributed by atoms with E-state index in [1.165, 1.54) is 30.4 Å². The predicted octanol–water partition coefficient (Wildman–Crippen LogP) is 5.34. The quantitative estimate of drug-likeness (QED) is 0.110. The molecule has 9 heteroatoms. The first-order chi connectivity index (χ1) is 24.6. The number of benzene rings is 3. The molecule has 1 heterocycles. The summed E-state index contributed by atoms with van der Waals surface area (Å²) in [6.07, 6.45) is 0. The highest BCUT2D eigenvalue weighted by atomic mass is 16.2. The third-order valence-corrected chi connectivity index (χ3v) is 11.9. The lowest BCUT2D eigenvalue weighted by atomic mass is 10.1. The summed E-state index contributed by atoms with van der Waals surface area (Å²) in [5.41, 5.74) is 2.21. The monoisotopic (exact) mass is 699 g/mol. The van der Waals surface area contributed by atoms with E-state index < -0.39 is 17.1 Å². The molecule has 4 rings (SSSR count). The minimum Gasteiger partial charge on any atom is -0.319 e. The molecule has 0 aliphatic rings. The fourth-order valence-electron chi connectivity index (χ4n) is 7.63. The minimum absolute atomic E-state index is 0.254. The van der Waals surface area contributed by atoms with Crippen molar-refractivity contribution >= 4 is 0 Å². The van der Waals surface area contributed by atoms with E-state index in [0.717, 1.165) is 72.4 Å². The second-order valence-corrected chi connectivity index (χ2v) is 14.3. The van der Waals surface area contributed by atoms with Gasteiger partial charge in [-0.2, -0.15) is 0 Å². The van der Waals surface area contributed by atoms with Crippen LogP contribution in [0.15, 0.2) is 105 Å². The van der Waals surface area contributed by atoms with Gasteiger partial charge in [0.05, 0.1) is 78.5 Å². The second-order valence-electron chi connectivity index (χ2n) is 14.3. The Morgan fingerprint density at radius 2 is 0.588 bits per heavy atom. The molecule has 0 atom stereocenters.